The number of hydrogen-bond acceptors (Lipinski definition) is 8. The van der Waals surface area contributed by atoms with Crippen LogP contribution in [0.5, 0.6) is 0 Å². The highest BCUT2D eigenvalue weighted by molar-refractivity contribution is 7.90. The summed E-state index contributed by atoms with van der Waals surface area (Å²) >= 11 is 0. The van der Waals surface area contributed by atoms with Crippen molar-refractivity contribution in [1.82, 2.24) is 13.7 Å². The molecule has 11 nitrogen and oxygen atoms in total. The van der Waals surface area contributed by atoms with E-state index in [-0.39, 0.29) is 21.9 Å². The van der Waals surface area contributed by atoms with E-state index >= 15 is 0 Å². The summed E-state index contributed by atoms with van der Waals surface area (Å²) in [6, 6.07) is 18.6. The Labute approximate surface area is 251 Å². The molecule has 2 N–H and O–H groups in total. The minimum atomic E-state index is -4.11. The van der Waals surface area contributed by atoms with Gasteiger partial charge in [0.25, 0.3) is 10.0 Å². The van der Waals surface area contributed by atoms with E-state index in [0.717, 1.165) is 40.2 Å². The number of aromatic nitrogens is 2. The van der Waals surface area contributed by atoms with Crippen LogP contribution in [0, 0.1) is 13.8 Å². The summed E-state index contributed by atoms with van der Waals surface area (Å²) in [5.41, 5.74) is 3.47. The summed E-state index contributed by atoms with van der Waals surface area (Å²) in [5, 5.41) is 2.78. The fraction of sp³-hybridized carbons (Fsp3) is 0.267. The van der Waals surface area contributed by atoms with Gasteiger partial charge in [-0.1, -0.05) is 35.4 Å². The summed E-state index contributed by atoms with van der Waals surface area (Å²) in [7, 11) is -8.04. The molecule has 226 valence electrons. The van der Waals surface area contributed by atoms with Gasteiger partial charge in [0, 0.05) is 37.1 Å². The van der Waals surface area contributed by atoms with Crippen molar-refractivity contribution in [3.05, 3.63) is 102 Å². The molecule has 1 aromatic heterocycles. The van der Waals surface area contributed by atoms with Crippen LogP contribution in [0.15, 0.2) is 95.1 Å². The second-order valence-electron chi connectivity index (χ2n) is 10.3. The van der Waals surface area contributed by atoms with Crippen LogP contribution in [0.3, 0.4) is 0 Å². The van der Waals surface area contributed by atoms with E-state index in [4.69, 9.17) is 4.74 Å². The normalized spacial score (nSPS) is 14.8. The second-order valence-corrected chi connectivity index (χ2v) is 13.9. The highest BCUT2D eigenvalue weighted by atomic mass is 32.2. The lowest BCUT2D eigenvalue weighted by molar-refractivity contribution is -0.117. The number of carbonyl (C=O) groups excluding carboxylic acids is 1. The lowest BCUT2D eigenvalue weighted by Gasteiger charge is -2.29. The van der Waals surface area contributed by atoms with Gasteiger partial charge in [-0.15, -0.1) is 0 Å². The van der Waals surface area contributed by atoms with Crippen LogP contribution in [0.2, 0.25) is 0 Å². The van der Waals surface area contributed by atoms with E-state index in [9.17, 15) is 21.6 Å². The maximum absolute atomic E-state index is 13.5. The minimum Gasteiger partial charge on any atom is -0.378 e. The zero-order valence-electron chi connectivity index (χ0n) is 23.8. The first-order chi connectivity index (χ1) is 20.5. The molecule has 1 atom stereocenters. The lowest BCUT2D eigenvalue weighted by atomic mass is 10.1. The van der Waals surface area contributed by atoms with Gasteiger partial charge in [0.2, 0.25) is 15.9 Å². The number of aryl methyl sites for hydroxylation is 2. The molecule has 1 fully saturated rings. The highest BCUT2D eigenvalue weighted by Crippen LogP contribution is 2.21. The van der Waals surface area contributed by atoms with E-state index in [1.54, 1.807) is 36.4 Å². The van der Waals surface area contributed by atoms with Crippen LogP contribution >= 0.6 is 0 Å². The number of sulfonamides is 1. The molecule has 1 amide bonds. The summed E-state index contributed by atoms with van der Waals surface area (Å²) in [6.07, 6.45) is 2.23. The monoisotopic (exact) mass is 623 g/mol. The Morgan fingerprint density at radius 1 is 0.860 bits per heavy atom. The number of nitrogens with zero attached hydrogens (tertiary/aromatic N) is 3. The molecule has 0 unspecified atom stereocenters. The van der Waals surface area contributed by atoms with Gasteiger partial charge in [0.1, 0.15) is 12.4 Å². The van der Waals surface area contributed by atoms with Gasteiger partial charge >= 0.3 is 0 Å². The van der Waals surface area contributed by atoms with Crippen LogP contribution in [-0.4, -0.2) is 64.0 Å². The molecule has 1 saturated heterocycles. The Balaban J connectivity index is 1.38. The van der Waals surface area contributed by atoms with Gasteiger partial charge in [0.15, 0.2) is 0 Å². The molecular weight excluding hydrogens is 590 g/mol. The van der Waals surface area contributed by atoms with Crippen LogP contribution in [-0.2, 0) is 36.0 Å². The number of hydrogen-bond donors (Lipinski definition) is 2. The van der Waals surface area contributed by atoms with Crippen LogP contribution in [0.1, 0.15) is 16.8 Å². The van der Waals surface area contributed by atoms with E-state index in [2.05, 4.69) is 19.9 Å². The average Bonchev–Trinajstić information content (AvgIpc) is 3.48. The van der Waals surface area contributed by atoms with Crippen molar-refractivity contribution >= 4 is 37.3 Å². The third-order valence-electron chi connectivity index (χ3n) is 7.08. The first kappa shape index (κ1) is 30.4. The molecule has 1 aliphatic heterocycles. The molecule has 43 heavy (non-hydrogen) atoms. The maximum Gasteiger partial charge on any atom is 0.268 e. The summed E-state index contributed by atoms with van der Waals surface area (Å²) < 4.78 is 61.6. The van der Waals surface area contributed by atoms with Gasteiger partial charge in [-0.3, -0.25) is 4.79 Å². The predicted molar refractivity (Wildman–Crippen MR) is 163 cm³/mol. The Kier molecular flexibility index (Phi) is 8.97. The molecule has 3 aromatic carbocycles. The number of morpholine rings is 1. The minimum absolute atomic E-state index is 0.00163. The van der Waals surface area contributed by atoms with Crippen molar-refractivity contribution in [2.75, 3.05) is 36.5 Å². The first-order valence-corrected chi connectivity index (χ1v) is 16.6. The summed E-state index contributed by atoms with van der Waals surface area (Å²) in [4.78, 5) is 19.9. The molecule has 1 aliphatic rings. The van der Waals surface area contributed by atoms with E-state index in [0.29, 0.717) is 18.9 Å². The van der Waals surface area contributed by atoms with E-state index < -0.39 is 32.0 Å². The Morgan fingerprint density at radius 3 is 2.05 bits per heavy atom. The number of imidazole rings is 1. The molecule has 5 rings (SSSR count). The fourth-order valence-electron chi connectivity index (χ4n) is 4.59. The van der Waals surface area contributed by atoms with Gasteiger partial charge in [-0.05, 0) is 62.4 Å². The molecule has 0 radical (unpaired) electrons. The smallest absolute Gasteiger partial charge is 0.268 e. The Morgan fingerprint density at radius 2 is 1.44 bits per heavy atom. The topological polar surface area (TPSA) is 140 Å². The quantitative estimate of drug-likeness (QED) is 0.275. The third-order valence-corrected chi connectivity index (χ3v) is 10.2. The van der Waals surface area contributed by atoms with Crippen LogP contribution < -0.4 is 14.9 Å². The number of carbonyl (C=O) groups is 1. The molecule has 13 heteroatoms. The molecule has 2 heterocycles. The van der Waals surface area contributed by atoms with E-state index in [1.807, 2.05) is 26.0 Å². The van der Waals surface area contributed by atoms with Crippen molar-refractivity contribution in [2.24, 2.45) is 0 Å². The molecule has 0 bridgehead atoms. The number of amides is 1. The molecule has 4 aromatic rings. The largest absolute Gasteiger partial charge is 0.378 e. The predicted octanol–water partition coefficient (Wildman–Crippen LogP) is 3.10. The van der Waals surface area contributed by atoms with Crippen LogP contribution in [0.4, 0.5) is 11.4 Å². The third kappa shape index (κ3) is 7.31. The lowest BCUT2D eigenvalue weighted by Crippen LogP contribution is -2.45. The SMILES string of the molecule is Cc1ccc(S(=O)(=O)N[C@@H](Cc2cn(S(=O)(=O)c3ccc(C)cc3)cn2)C(=O)Nc2ccc(N3CCOCC3)cc2)cc1. The van der Waals surface area contributed by atoms with Gasteiger partial charge in [-0.25, -0.2) is 25.8 Å². The van der Waals surface area contributed by atoms with Crippen molar-refractivity contribution in [2.45, 2.75) is 36.1 Å². The standard InChI is InChI=1S/C30H33N5O6S2/c1-22-3-11-27(12-4-22)42(37,38)33-29(30(36)32-24-7-9-26(10-8-24)34-15-17-41-18-16-34)19-25-20-35(21-31-25)43(39,40)28-13-5-23(2)6-14-28/h3-14,20-21,29,33H,15-19H2,1-2H3,(H,32,36)/t29-/m0/s1. The van der Waals surface area contributed by atoms with Gasteiger partial charge < -0.3 is 15.0 Å². The molecule has 0 aliphatic carbocycles. The van der Waals surface area contributed by atoms with Gasteiger partial charge in [-0.2, -0.15) is 4.72 Å². The molecular formula is C30H33N5O6S2. The highest BCUT2D eigenvalue weighted by Gasteiger charge is 2.28. The number of nitrogens with one attached hydrogen (secondary N) is 2. The number of ether oxygens (including phenoxy) is 1. The van der Waals surface area contributed by atoms with Crippen molar-refractivity contribution in [3.8, 4) is 0 Å². The van der Waals surface area contributed by atoms with Crippen LogP contribution in [0.25, 0.3) is 0 Å². The van der Waals surface area contributed by atoms with Gasteiger partial charge in [0.05, 0.1) is 28.7 Å². The zero-order chi connectivity index (χ0) is 30.6. The Bertz CT molecular complexity index is 1780. The summed E-state index contributed by atoms with van der Waals surface area (Å²) in [6.45, 7) is 6.51. The van der Waals surface area contributed by atoms with E-state index in [1.165, 1.54) is 30.5 Å². The van der Waals surface area contributed by atoms with Crippen molar-refractivity contribution in [1.29, 1.82) is 0 Å². The Hall–Kier alpha value is -4.04. The average molecular weight is 624 g/mol. The number of rotatable bonds is 10. The van der Waals surface area contributed by atoms with Crippen molar-refractivity contribution in [3.63, 3.8) is 0 Å². The first-order valence-electron chi connectivity index (χ1n) is 13.7. The molecule has 0 saturated carbocycles. The number of benzene rings is 3. The maximum atomic E-state index is 13.5. The fourth-order valence-corrected chi connectivity index (χ4v) is 6.94. The second kappa shape index (κ2) is 12.7. The molecule has 0 spiro atoms. The zero-order valence-corrected chi connectivity index (χ0v) is 25.4. The number of anilines is 2. The summed E-state index contributed by atoms with van der Waals surface area (Å²) in [5.74, 6) is -0.620. The van der Waals surface area contributed by atoms with Crippen molar-refractivity contribution < 1.29 is 26.4 Å².